The molecular weight excluding hydrogens is 701 g/mol. The van der Waals surface area contributed by atoms with Crippen LogP contribution in [0.25, 0.3) is 82.4 Å². The molecule has 0 aliphatic heterocycles. The Morgan fingerprint density at radius 2 is 1.00 bits per heavy atom. The first-order valence-electron chi connectivity index (χ1n) is 22.9. The highest BCUT2D eigenvalue weighted by atomic mass is 15.1. The summed E-state index contributed by atoms with van der Waals surface area (Å²) in [5, 5.41) is 4.40. The van der Waals surface area contributed by atoms with Gasteiger partial charge in [-0.05, 0) is 86.9 Å². The van der Waals surface area contributed by atoms with Crippen LogP contribution in [0, 0.1) is 0 Å². The summed E-state index contributed by atoms with van der Waals surface area (Å²) in [5.74, 6) is 0. The summed E-state index contributed by atoms with van der Waals surface area (Å²) in [6.45, 7) is 0. The topological polar surface area (TPSA) is 8.17 Å². The molecule has 2 heteroatoms. The second-order valence-corrected chi connectivity index (χ2v) is 14.3. The number of benzene rings is 10. The maximum atomic E-state index is 9.23. The summed E-state index contributed by atoms with van der Waals surface area (Å²) >= 11 is 0. The molecule has 1 aromatic heterocycles. The molecule has 0 radical (unpaired) electrons. The Morgan fingerprint density at radius 3 is 1.84 bits per heavy atom. The molecule has 0 amide bonds. The van der Waals surface area contributed by atoms with E-state index in [9.17, 15) is 1.37 Å². The maximum absolute atomic E-state index is 9.23. The Morgan fingerprint density at radius 1 is 0.379 bits per heavy atom. The molecule has 272 valence electrons. The molecule has 1 heterocycles. The molecule has 10 aromatic carbocycles. The lowest BCUT2D eigenvalue weighted by molar-refractivity contribution is 1.20. The molecule has 0 fully saturated rings. The van der Waals surface area contributed by atoms with Gasteiger partial charge in [-0.2, -0.15) is 0 Å². The first kappa shape index (κ1) is 27.0. The third-order valence-electron chi connectivity index (χ3n) is 11.0. The van der Waals surface area contributed by atoms with E-state index in [0.717, 1.165) is 72.2 Å². The van der Waals surface area contributed by atoms with Crippen LogP contribution in [0.15, 0.2) is 230 Å². The first-order valence-corrected chi connectivity index (χ1v) is 19.4. The summed E-state index contributed by atoms with van der Waals surface area (Å²) in [5.41, 5.74) is 10.7. The van der Waals surface area contributed by atoms with Gasteiger partial charge in [-0.25, -0.2) is 0 Å². The lowest BCUT2D eigenvalue weighted by atomic mass is 9.95. The Labute approximate surface area is 348 Å². The van der Waals surface area contributed by atoms with Gasteiger partial charge in [0.25, 0.3) is 0 Å². The van der Waals surface area contributed by atoms with E-state index in [4.69, 9.17) is 8.22 Å². The van der Waals surface area contributed by atoms with Crippen molar-refractivity contribution >= 4 is 60.4 Å². The van der Waals surface area contributed by atoms with Crippen LogP contribution in [-0.4, -0.2) is 4.57 Å². The average Bonchev–Trinajstić information content (AvgIpc) is 3.69. The van der Waals surface area contributed by atoms with E-state index in [1.54, 1.807) is 0 Å². The van der Waals surface area contributed by atoms with Crippen molar-refractivity contribution in [3.63, 3.8) is 0 Å². The molecular formula is C56H38N2. The van der Waals surface area contributed by atoms with Crippen LogP contribution >= 0.6 is 0 Å². The number of hydrogen-bond donors (Lipinski definition) is 0. The molecule has 0 unspecified atom stereocenters. The van der Waals surface area contributed by atoms with Crippen LogP contribution in [-0.2, 0) is 0 Å². The number of nitrogens with zero attached hydrogens (tertiary/aromatic N) is 2. The fourth-order valence-electron chi connectivity index (χ4n) is 8.44. The normalized spacial score (nSPS) is 13.1. The van der Waals surface area contributed by atoms with Gasteiger partial charge in [0, 0.05) is 33.0 Å². The Balaban J connectivity index is 1.15. The summed E-state index contributed by atoms with van der Waals surface area (Å²) in [6.07, 6.45) is 0. The van der Waals surface area contributed by atoms with Crippen molar-refractivity contribution in [2.75, 3.05) is 4.90 Å². The molecule has 58 heavy (non-hydrogen) atoms. The molecule has 0 saturated carbocycles. The van der Waals surface area contributed by atoms with Gasteiger partial charge < -0.3 is 9.47 Å². The monoisotopic (exact) mass is 745 g/mol. The molecule has 0 saturated heterocycles. The Kier molecular flexibility index (Phi) is 6.57. The molecule has 0 aliphatic carbocycles. The van der Waals surface area contributed by atoms with Crippen molar-refractivity contribution in [1.29, 1.82) is 0 Å². The zero-order valence-corrected chi connectivity index (χ0v) is 31.3. The molecule has 0 atom stereocenters. The summed E-state index contributed by atoms with van der Waals surface area (Å²) in [4.78, 5) is 2.25. The van der Waals surface area contributed by atoms with E-state index < -0.39 is 24.2 Å². The number of anilines is 3. The van der Waals surface area contributed by atoms with Crippen LogP contribution in [0.2, 0.25) is 0 Å². The third kappa shape index (κ3) is 5.66. The standard InChI is InChI=1S/C56H38N2/c1-2-17-41(18-3-1)46-23-8-11-27-51(46)57(45-36-34-40(35-37-45)44-33-32-39-16-4-5-20-43(39)38-44)53-28-12-9-24-48(53)49-26-15-31-55-56(49)50-25-10-13-29-54(50)58(55)52-30-14-21-42-19-6-7-22-47(42)52/h1-38H/i4D,5D,16D,20D,32D,33D,38D. The van der Waals surface area contributed by atoms with E-state index in [0.29, 0.717) is 5.56 Å². The van der Waals surface area contributed by atoms with E-state index in [2.05, 4.69) is 143 Å². The minimum atomic E-state index is -0.491. The number of rotatable bonds is 7. The molecule has 11 aromatic rings. The third-order valence-corrected chi connectivity index (χ3v) is 11.0. The van der Waals surface area contributed by atoms with Gasteiger partial charge >= 0.3 is 0 Å². The van der Waals surface area contributed by atoms with E-state index in [1.807, 2.05) is 54.6 Å². The van der Waals surface area contributed by atoms with Crippen LogP contribution in [0.1, 0.15) is 9.60 Å². The molecule has 11 rings (SSSR count). The number of hydrogen-bond acceptors (Lipinski definition) is 1. The van der Waals surface area contributed by atoms with Crippen LogP contribution in [0.4, 0.5) is 17.1 Å². The molecule has 0 aliphatic rings. The zero-order chi connectivity index (χ0) is 44.5. The number of para-hydroxylation sites is 3. The number of fused-ring (bicyclic) bond motifs is 5. The quantitative estimate of drug-likeness (QED) is 0.158. The van der Waals surface area contributed by atoms with Gasteiger partial charge in [0.05, 0.1) is 37.7 Å². The molecule has 0 spiro atoms. The van der Waals surface area contributed by atoms with E-state index in [1.165, 1.54) is 5.39 Å². The smallest absolute Gasteiger partial charge is 0.0636 e. The molecule has 0 N–H and O–H groups in total. The average molecular weight is 746 g/mol. The fraction of sp³-hybridized carbons (Fsp3) is 0. The first-order chi connectivity index (χ1) is 31.7. The largest absolute Gasteiger partial charge is 0.309 e. The van der Waals surface area contributed by atoms with Gasteiger partial charge in [-0.15, -0.1) is 0 Å². The van der Waals surface area contributed by atoms with E-state index in [-0.39, 0.29) is 34.5 Å². The highest BCUT2D eigenvalue weighted by Crippen LogP contribution is 2.48. The van der Waals surface area contributed by atoms with Crippen molar-refractivity contribution in [2.45, 2.75) is 0 Å². The molecule has 0 bridgehead atoms. The van der Waals surface area contributed by atoms with Crippen LogP contribution in [0.5, 0.6) is 0 Å². The summed E-state index contributed by atoms with van der Waals surface area (Å²) in [7, 11) is 0. The number of aromatic nitrogens is 1. The second kappa shape index (κ2) is 14.1. The van der Waals surface area contributed by atoms with Crippen molar-refractivity contribution < 1.29 is 9.60 Å². The highest BCUT2D eigenvalue weighted by molar-refractivity contribution is 6.17. The van der Waals surface area contributed by atoms with Gasteiger partial charge in [0.1, 0.15) is 0 Å². The lowest BCUT2D eigenvalue weighted by Crippen LogP contribution is -2.12. The SMILES string of the molecule is [2H]c1c([2H])c([2H])c2c([2H])c(-c3ccc(N(c4ccccc4-c4ccccc4)c4ccccc4-c4cccc5c4c4ccccc4n5-c4cccc5ccccc45)cc3)c([2H])c([2H])c2c1[2H]. The van der Waals surface area contributed by atoms with Gasteiger partial charge in [-0.1, -0.05) is 182 Å². The summed E-state index contributed by atoms with van der Waals surface area (Å²) < 4.78 is 63.2. The summed E-state index contributed by atoms with van der Waals surface area (Å²) in [6, 6.07) is 62.1. The van der Waals surface area contributed by atoms with Gasteiger partial charge in [-0.3, -0.25) is 0 Å². The lowest BCUT2D eigenvalue weighted by Gasteiger charge is -2.30. The Bertz CT molecular complexity index is 3690. The van der Waals surface area contributed by atoms with Gasteiger partial charge in [0.2, 0.25) is 0 Å². The van der Waals surface area contributed by atoms with Gasteiger partial charge in [0.15, 0.2) is 0 Å². The van der Waals surface area contributed by atoms with Crippen molar-refractivity contribution in [3.05, 3.63) is 230 Å². The second-order valence-electron chi connectivity index (χ2n) is 14.3. The predicted octanol–water partition coefficient (Wildman–Crippen LogP) is 15.6. The molecule has 2 nitrogen and oxygen atoms in total. The fourth-order valence-corrected chi connectivity index (χ4v) is 8.44. The van der Waals surface area contributed by atoms with Crippen molar-refractivity contribution in [3.8, 4) is 39.1 Å². The zero-order valence-electron chi connectivity index (χ0n) is 38.3. The minimum absolute atomic E-state index is 0.0700. The maximum Gasteiger partial charge on any atom is 0.0636 e. The van der Waals surface area contributed by atoms with E-state index >= 15 is 0 Å². The Hall–Kier alpha value is -7.68. The van der Waals surface area contributed by atoms with Crippen molar-refractivity contribution in [2.24, 2.45) is 0 Å². The minimum Gasteiger partial charge on any atom is -0.309 e. The highest BCUT2D eigenvalue weighted by Gasteiger charge is 2.23. The van der Waals surface area contributed by atoms with Crippen LogP contribution in [0.3, 0.4) is 0 Å². The predicted molar refractivity (Wildman–Crippen MR) is 247 cm³/mol. The van der Waals surface area contributed by atoms with Crippen LogP contribution < -0.4 is 4.90 Å². The van der Waals surface area contributed by atoms with Crippen molar-refractivity contribution in [1.82, 2.24) is 4.57 Å².